The van der Waals surface area contributed by atoms with Crippen molar-refractivity contribution in [2.24, 2.45) is 5.73 Å². The van der Waals surface area contributed by atoms with Crippen LogP contribution in [0.5, 0.6) is 0 Å². The van der Waals surface area contributed by atoms with Crippen molar-refractivity contribution in [3.8, 4) is 0 Å². The third-order valence-corrected chi connectivity index (χ3v) is 1.31. The first kappa shape index (κ1) is 11.6. The smallest absolute Gasteiger partial charge is 0.320 e. The summed E-state index contributed by atoms with van der Waals surface area (Å²) < 4.78 is 0. The molecule has 0 bridgehead atoms. The van der Waals surface area contributed by atoms with Crippen LogP contribution in [0.15, 0.2) is 12.5 Å². The number of H-pyrrole nitrogens is 1. The second-order valence-corrected chi connectivity index (χ2v) is 2.23. The maximum absolute atomic E-state index is 10.3. The zero-order valence-electron chi connectivity index (χ0n) is 7.27. The van der Waals surface area contributed by atoms with Crippen molar-refractivity contribution >= 4 is 5.97 Å². The molecule has 6 nitrogen and oxygen atoms in total. The van der Waals surface area contributed by atoms with E-state index < -0.39 is 12.0 Å². The molecule has 1 heterocycles. The van der Waals surface area contributed by atoms with E-state index in [1.165, 1.54) is 6.33 Å². The van der Waals surface area contributed by atoms with Crippen molar-refractivity contribution in [1.29, 1.82) is 0 Å². The first-order valence-corrected chi connectivity index (χ1v) is 3.60. The minimum atomic E-state index is -1.00. The van der Waals surface area contributed by atoms with Crippen LogP contribution in [0.25, 0.3) is 0 Å². The van der Waals surface area contributed by atoms with E-state index in [-0.39, 0.29) is 6.42 Å². The highest BCUT2D eigenvalue weighted by Gasteiger charge is 2.11. The Labute approximate surface area is 75.4 Å². The third kappa shape index (κ3) is 4.24. The van der Waals surface area contributed by atoms with Gasteiger partial charge < -0.3 is 20.9 Å². The van der Waals surface area contributed by atoms with Crippen molar-refractivity contribution in [1.82, 2.24) is 9.97 Å². The van der Waals surface area contributed by atoms with Gasteiger partial charge in [0.2, 0.25) is 0 Å². The van der Waals surface area contributed by atoms with Gasteiger partial charge in [-0.3, -0.25) is 4.79 Å². The monoisotopic (exact) mass is 187 g/mol. The molecule has 0 radical (unpaired) electrons. The van der Waals surface area contributed by atoms with Gasteiger partial charge in [-0.05, 0) is 0 Å². The van der Waals surface area contributed by atoms with Crippen molar-refractivity contribution in [3.05, 3.63) is 18.2 Å². The van der Waals surface area contributed by atoms with E-state index in [9.17, 15) is 4.79 Å². The zero-order chi connectivity index (χ0) is 10.3. The van der Waals surface area contributed by atoms with Crippen LogP contribution in [-0.2, 0) is 11.2 Å². The van der Waals surface area contributed by atoms with Crippen LogP contribution < -0.4 is 5.73 Å². The lowest BCUT2D eigenvalue weighted by atomic mass is 10.2. The first-order valence-electron chi connectivity index (χ1n) is 3.60. The molecule has 0 amide bonds. The summed E-state index contributed by atoms with van der Waals surface area (Å²) in [6.45, 7) is 0. The zero-order valence-corrected chi connectivity index (χ0v) is 7.27. The lowest BCUT2D eigenvalue weighted by molar-refractivity contribution is -0.138. The lowest BCUT2D eigenvalue weighted by Gasteiger charge is -2.02. The van der Waals surface area contributed by atoms with Crippen molar-refractivity contribution in [3.63, 3.8) is 0 Å². The number of rotatable bonds is 3. The maximum Gasteiger partial charge on any atom is 0.320 e. The molecular formula is C7H13N3O3. The van der Waals surface area contributed by atoms with Gasteiger partial charge >= 0.3 is 5.97 Å². The van der Waals surface area contributed by atoms with Crippen molar-refractivity contribution in [2.75, 3.05) is 7.11 Å². The van der Waals surface area contributed by atoms with E-state index in [2.05, 4.69) is 9.97 Å². The second kappa shape index (κ2) is 6.15. The molecular weight excluding hydrogens is 174 g/mol. The molecule has 1 aromatic rings. The molecule has 1 atom stereocenters. The largest absolute Gasteiger partial charge is 0.480 e. The third-order valence-electron chi connectivity index (χ3n) is 1.31. The number of nitrogens with zero attached hydrogens (tertiary/aromatic N) is 1. The number of nitrogens with two attached hydrogens (primary N) is 1. The Balaban J connectivity index is 0.000000671. The molecule has 0 saturated carbocycles. The Hall–Kier alpha value is -1.40. The molecule has 0 spiro atoms. The Morgan fingerprint density at radius 2 is 2.38 bits per heavy atom. The van der Waals surface area contributed by atoms with E-state index in [1.807, 2.05) is 0 Å². The number of imidazole rings is 1. The Morgan fingerprint density at radius 3 is 2.77 bits per heavy atom. The number of carbonyl (C=O) groups is 1. The van der Waals surface area contributed by atoms with Gasteiger partial charge in [0.05, 0.1) is 6.33 Å². The SMILES string of the molecule is CO.NC(Cc1cnc[nH]1)C(=O)O. The number of hydrogen-bond donors (Lipinski definition) is 4. The van der Waals surface area contributed by atoms with E-state index in [4.69, 9.17) is 15.9 Å². The average Bonchev–Trinajstić information content (AvgIpc) is 2.60. The Bertz CT molecular complexity index is 235. The van der Waals surface area contributed by atoms with Crippen LogP contribution in [0.1, 0.15) is 5.69 Å². The van der Waals surface area contributed by atoms with Crippen LogP contribution in [0, 0.1) is 0 Å². The molecule has 0 saturated heterocycles. The Kier molecular flexibility index (Phi) is 5.49. The number of aromatic nitrogens is 2. The lowest BCUT2D eigenvalue weighted by Crippen LogP contribution is -2.32. The molecule has 6 heteroatoms. The molecule has 0 aromatic carbocycles. The number of hydrogen-bond acceptors (Lipinski definition) is 4. The molecule has 0 aliphatic carbocycles. The van der Waals surface area contributed by atoms with Crippen molar-refractivity contribution in [2.45, 2.75) is 12.5 Å². The topological polar surface area (TPSA) is 112 Å². The minimum Gasteiger partial charge on any atom is -0.480 e. The number of aliphatic hydroxyl groups is 1. The number of nitrogens with one attached hydrogen (secondary N) is 1. The summed E-state index contributed by atoms with van der Waals surface area (Å²) in [7, 11) is 1.00. The fraction of sp³-hybridized carbons (Fsp3) is 0.429. The number of aliphatic carboxylic acids is 1. The molecule has 13 heavy (non-hydrogen) atoms. The van der Waals surface area contributed by atoms with E-state index >= 15 is 0 Å². The van der Waals surface area contributed by atoms with E-state index in [0.717, 1.165) is 12.8 Å². The summed E-state index contributed by atoms with van der Waals surface area (Å²) >= 11 is 0. The van der Waals surface area contributed by atoms with Gasteiger partial charge in [0.25, 0.3) is 0 Å². The number of aromatic amines is 1. The van der Waals surface area contributed by atoms with Gasteiger partial charge in [-0.15, -0.1) is 0 Å². The molecule has 0 aliphatic heterocycles. The van der Waals surface area contributed by atoms with E-state index in [1.54, 1.807) is 6.20 Å². The normalized spacial score (nSPS) is 11.3. The van der Waals surface area contributed by atoms with Crippen LogP contribution in [0.3, 0.4) is 0 Å². The van der Waals surface area contributed by atoms with Crippen LogP contribution >= 0.6 is 0 Å². The minimum absolute atomic E-state index is 0.287. The van der Waals surface area contributed by atoms with Crippen LogP contribution in [0.4, 0.5) is 0 Å². The summed E-state index contributed by atoms with van der Waals surface area (Å²) in [5.74, 6) is -1.00. The maximum atomic E-state index is 10.3. The summed E-state index contributed by atoms with van der Waals surface area (Å²) in [5.41, 5.74) is 6.00. The highest BCUT2D eigenvalue weighted by molar-refractivity contribution is 5.73. The van der Waals surface area contributed by atoms with Gasteiger partial charge in [-0.25, -0.2) is 4.98 Å². The summed E-state index contributed by atoms with van der Waals surface area (Å²) in [5, 5.41) is 15.4. The molecule has 0 fully saturated rings. The van der Waals surface area contributed by atoms with Crippen molar-refractivity contribution < 1.29 is 15.0 Å². The molecule has 0 aliphatic rings. The molecule has 1 aromatic heterocycles. The van der Waals surface area contributed by atoms with Crippen LogP contribution in [-0.4, -0.2) is 39.3 Å². The molecule has 74 valence electrons. The van der Waals surface area contributed by atoms with Gasteiger partial charge in [-0.1, -0.05) is 0 Å². The summed E-state index contributed by atoms with van der Waals surface area (Å²) in [6, 6.07) is -0.851. The first-order chi connectivity index (χ1) is 6.20. The quantitative estimate of drug-likeness (QED) is 0.483. The van der Waals surface area contributed by atoms with Gasteiger partial charge in [0, 0.05) is 25.4 Å². The standard InChI is InChI=1S/C6H9N3O2.CH4O/c7-5(6(10)11)1-4-2-8-3-9-4;1-2/h2-3,5H,1,7H2,(H,8,9)(H,10,11);2H,1H3. The Morgan fingerprint density at radius 1 is 1.77 bits per heavy atom. The average molecular weight is 187 g/mol. The molecule has 5 N–H and O–H groups in total. The van der Waals surface area contributed by atoms with Gasteiger partial charge in [0.15, 0.2) is 0 Å². The molecule has 1 rings (SSSR count). The van der Waals surface area contributed by atoms with Gasteiger partial charge in [0.1, 0.15) is 6.04 Å². The number of aliphatic hydroxyl groups excluding tert-OH is 1. The predicted molar refractivity (Wildman–Crippen MR) is 46.0 cm³/mol. The van der Waals surface area contributed by atoms with Gasteiger partial charge in [-0.2, -0.15) is 0 Å². The highest BCUT2D eigenvalue weighted by atomic mass is 16.4. The number of carboxylic acids is 1. The summed E-state index contributed by atoms with van der Waals surface area (Å²) in [6.07, 6.45) is 3.34. The van der Waals surface area contributed by atoms with Crippen LogP contribution in [0.2, 0.25) is 0 Å². The fourth-order valence-electron chi connectivity index (χ4n) is 0.721. The van der Waals surface area contributed by atoms with E-state index in [0.29, 0.717) is 0 Å². The molecule has 1 unspecified atom stereocenters. The number of carboxylic acid groups (broad SMARTS) is 1. The second-order valence-electron chi connectivity index (χ2n) is 2.23. The highest BCUT2D eigenvalue weighted by Crippen LogP contribution is 1.95. The summed E-state index contributed by atoms with van der Waals surface area (Å²) in [4.78, 5) is 16.8. The fourth-order valence-corrected chi connectivity index (χ4v) is 0.721. The predicted octanol–water partition coefficient (Wildman–Crippen LogP) is -1.03.